The first-order chi connectivity index (χ1) is 12.9. The van der Waals surface area contributed by atoms with Gasteiger partial charge in [0.25, 0.3) is 5.69 Å². The molecule has 27 heavy (non-hydrogen) atoms. The molecule has 2 aromatic rings. The van der Waals surface area contributed by atoms with Gasteiger partial charge in [-0.05, 0) is 30.2 Å². The Morgan fingerprint density at radius 1 is 1.07 bits per heavy atom. The first-order valence-corrected chi connectivity index (χ1v) is 8.28. The largest absolute Gasteiger partial charge is 0.497 e. The number of hydrogen-bond acceptors (Lipinski definition) is 6. The average Bonchev–Trinajstić information content (AvgIpc) is 2.70. The van der Waals surface area contributed by atoms with Crippen LogP contribution in [-0.4, -0.2) is 25.1 Å². The van der Waals surface area contributed by atoms with Gasteiger partial charge >= 0.3 is 5.97 Å². The number of carbonyl (C=O) groups excluding carboxylic acids is 1. The molecule has 0 radical (unpaired) electrons. The molecule has 1 N–H and O–H groups in total. The molecule has 0 aliphatic rings. The molecule has 0 aliphatic heterocycles. The molecule has 0 saturated carbocycles. The van der Waals surface area contributed by atoms with Crippen molar-refractivity contribution in [2.45, 2.75) is 19.0 Å². The molecule has 0 bridgehead atoms. The Labute approximate surface area is 157 Å². The van der Waals surface area contributed by atoms with Crippen molar-refractivity contribution in [3.8, 4) is 5.75 Å². The lowest BCUT2D eigenvalue weighted by atomic mass is 9.97. The number of hydrogen-bond donors (Lipinski definition) is 1. The Kier molecular flexibility index (Phi) is 6.67. The van der Waals surface area contributed by atoms with Gasteiger partial charge < -0.3 is 9.47 Å². The van der Waals surface area contributed by atoms with Crippen LogP contribution in [0.1, 0.15) is 30.1 Å². The summed E-state index contributed by atoms with van der Waals surface area (Å²) in [6.45, 7) is 5.79. The number of nitro benzene ring substituents is 1. The second-order valence-corrected chi connectivity index (χ2v) is 5.96. The van der Waals surface area contributed by atoms with E-state index >= 15 is 0 Å². The highest BCUT2D eigenvalue weighted by Gasteiger charge is 2.24. The molecule has 7 nitrogen and oxygen atoms in total. The van der Waals surface area contributed by atoms with Gasteiger partial charge in [-0.25, -0.2) is 4.79 Å². The lowest BCUT2D eigenvalue weighted by molar-refractivity contribution is -0.384. The monoisotopic (exact) mass is 370 g/mol. The molecule has 0 fully saturated rings. The lowest BCUT2D eigenvalue weighted by Gasteiger charge is -2.25. The van der Waals surface area contributed by atoms with Crippen LogP contribution in [-0.2, 0) is 9.53 Å². The zero-order chi connectivity index (χ0) is 20.0. The van der Waals surface area contributed by atoms with Gasteiger partial charge in [0.05, 0.1) is 30.8 Å². The summed E-state index contributed by atoms with van der Waals surface area (Å²) in [4.78, 5) is 22.4. The first-order valence-electron chi connectivity index (χ1n) is 8.28. The first kappa shape index (κ1) is 20.1. The van der Waals surface area contributed by atoms with Crippen molar-refractivity contribution < 1.29 is 19.2 Å². The number of benzene rings is 2. The van der Waals surface area contributed by atoms with Crippen molar-refractivity contribution in [2.24, 2.45) is 0 Å². The van der Waals surface area contributed by atoms with E-state index in [2.05, 4.69) is 11.9 Å². The van der Waals surface area contributed by atoms with Gasteiger partial charge in [-0.2, -0.15) is 0 Å². The van der Waals surface area contributed by atoms with E-state index in [0.717, 1.165) is 11.3 Å². The Balaban J connectivity index is 2.29. The molecule has 7 heteroatoms. The van der Waals surface area contributed by atoms with Crippen molar-refractivity contribution in [1.82, 2.24) is 5.32 Å². The van der Waals surface area contributed by atoms with E-state index < -0.39 is 16.9 Å². The predicted molar refractivity (Wildman–Crippen MR) is 102 cm³/mol. The third-order valence-electron chi connectivity index (χ3n) is 4.27. The highest BCUT2D eigenvalue weighted by Crippen LogP contribution is 2.28. The van der Waals surface area contributed by atoms with Crippen LogP contribution in [0.3, 0.4) is 0 Å². The minimum Gasteiger partial charge on any atom is -0.497 e. The zero-order valence-electron chi connectivity index (χ0n) is 15.5. The Morgan fingerprint density at radius 3 is 2.11 bits per heavy atom. The van der Waals surface area contributed by atoms with E-state index in [4.69, 9.17) is 9.47 Å². The van der Waals surface area contributed by atoms with Crippen molar-refractivity contribution >= 4 is 11.7 Å². The van der Waals surface area contributed by atoms with E-state index in [1.54, 1.807) is 19.2 Å². The van der Waals surface area contributed by atoms with Gasteiger partial charge in [0, 0.05) is 18.2 Å². The van der Waals surface area contributed by atoms with Crippen LogP contribution in [0.5, 0.6) is 5.75 Å². The summed E-state index contributed by atoms with van der Waals surface area (Å²) in [5, 5.41) is 14.2. The average molecular weight is 370 g/mol. The van der Waals surface area contributed by atoms with Crippen LogP contribution >= 0.6 is 0 Å². The molecule has 0 spiro atoms. The second kappa shape index (κ2) is 8.95. The van der Waals surface area contributed by atoms with Crippen LogP contribution in [0.2, 0.25) is 0 Å². The fourth-order valence-electron chi connectivity index (χ4n) is 2.67. The van der Waals surface area contributed by atoms with E-state index in [1.807, 2.05) is 31.2 Å². The van der Waals surface area contributed by atoms with Crippen LogP contribution in [0.15, 0.2) is 60.7 Å². The summed E-state index contributed by atoms with van der Waals surface area (Å²) in [6.07, 6.45) is 0. The molecule has 0 amide bonds. The summed E-state index contributed by atoms with van der Waals surface area (Å²) in [5.74, 6) is 0.199. The van der Waals surface area contributed by atoms with Crippen molar-refractivity contribution in [3.63, 3.8) is 0 Å². The molecule has 142 valence electrons. The van der Waals surface area contributed by atoms with Gasteiger partial charge in [0.1, 0.15) is 5.75 Å². The number of non-ortho nitro benzene ring substituents is 1. The summed E-state index contributed by atoms with van der Waals surface area (Å²) < 4.78 is 9.95. The molecule has 2 atom stereocenters. The fraction of sp³-hybridized carbons (Fsp3) is 0.250. The molecule has 2 aromatic carbocycles. The van der Waals surface area contributed by atoms with Crippen LogP contribution < -0.4 is 10.1 Å². The van der Waals surface area contributed by atoms with Gasteiger partial charge in [0.15, 0.2) is 0 Å². The maximum Gasteiger partial charge on any atom is 0.335 e. The molecule has 0 aliphatic carbocycles. The number of nitro groups is 1. The topological polar surface area (TPSA) is 90.7 Å². The van der Waals surface area contributed by atoms with Crippen molar-refractivity contribution in [3.05, 3.63) is 81.9 Å². The van der Waals surface area contributed by atoms with Crippen molar-refractivity contribution in [1.29, 1.82) is 0 Å². The van der Waals surface area contributed by atoms with Gasteiger partial charge in [-0.15, -0.1) is 0 Å². The standard InChI is InChI=1S/C20H22N2O5/c1-13(20(23)27-4)19(16-5-9-17(10-6-16)22(24)25)21-14(2)15-7-11-18(26-3)12-8-15/h5-12,14,19,21H,1H2,2-4H3/t14-,19-/m0/s1. The van der Waals surface area contributed by atoms with Crippen LogP contribution in [0.25, 0.3) is 0 Å². The number of nitrogens with one attached hydrogen (secondary N) is 1. The maximum absolute atomic E-state index is 12.0. The number of carbonyl (C=O) groups is 1. The quantitative estimate of drug-likeness (QED) is 0.330. The Morgan fingerprint density at radius 2 is 1.63 bits per heavy atom. The molecule has 0 saturated heterocycles. The lowest BCUT2D eigenvalue weighted by Crippen LogP contribution is -2.29. The molecule has 0 unspecified atom stereocenters. The molecule has 0 aromatic heterocycles. The Bertz CT molecular complexity index is 815. The minimum absolute atomic E-state index is 0.0237. The van der Waals surface area contributed by atoms with E-state index in [-0.39, 0.29) is 17.3 Å². The van der Waals surface area contributed by atoms with Crippen LogP contribution in [0, 0.1) is 10.1 Å². The van der Waals surface area contributed by atoms with Gasteiger partial charge in [-0.1, -0.05) is 30.8 Å². The van der Waals surface area contributed by atoms with Crippen molar-refractivity contribution in [2.75, 3.05) is 14.2 Å². The summed E-state index contributed by atoms with van der Waals surface area (Å²) in [7, 11) is 2.88. The molecule has 0 heterocycles. The minimum atomic E-state index is -0.560. The smallest absolute Gasteiger partial charge is 0.335 e. The fourth-order valence-corrected chi connectivity index (χ4v) is 2.67. The van der Waals surface area contributed by atoms with Gasteiger partial charge in [-0.3, -0.25) is 15.4 Å². The number of esters is 1. The zero-order valence-corrected chi connectivity index (χ0v) is 15.5. The molecular formula is C20H22N2O5. The third-order valence-corrected chi connectivity index (χ3v) is 4.27. The van der Waals surface area contributed by atoms with E-state index in [0.29, 0.717) is 5.56 Å². The highest BCUT2D eigenvalue weighted by molar-refractivity contribution is 5.89. The number of methoxy groups -OCH3 is 2. The van der Waals surface area contributed by atoms with Gasteiger partial charge in [0.2, 0.25) is 0 Å². The maximum atomic E-state index is 12.0. The third kappa shape index (κ3) is 4.92. The summed E-state index contributed by atoms with van der Waals surface area (Å²) >= 11 is 0. The summed E-state index contributed by atoms with van der Waals surface area (Å²) in [5.41, 5.74) is 1.85. The second-order valence-electron chi connectivity index (χ2n) is 5.96. The van der Waals surface area contributed by atoms with Crippen LogP contribution in [0.4, 0.5) is 5.69 Å². The Hall–Kier alpha value is -3.19. The normalized spacial score (nSPS) is 12.7. The van der Waals surface area contributed by atoms with E-state index in [1.165, 1.54) is 19.2 Å². The predicted octanol–water partition coefficient (Wildman–Crippen LogP) is 3.72. The SMILES string of the molecule is C=C(C(=O)OC)[C@H](N[C@@H](C)c1ccc(OC)cc1)c1ccc([N+](=O)[O-])cc1. The highest BCUT2D eigenvalue weighted by atomic mass is 16.6. The molecule has 2 rings (SSSR count). The number of rotatable bonds is 8. The summed E-state index contributed by atoms with van der Waals surface area (Å²) in [6, 6.07) is 12.9. The number of ether oxygens (including phenoxy) is 2. The number of nitrogens with zero attached hydrogens (tertiary/aromatic N) is 1. The molecular weight excluding hydrogens is 348 g/mol. The van der Waals surface area contributed by atoms with E-state index in [9.17, 15) is 14.9 Å².